The molecule has 0 radical (unpaired) electrons. The molecule has 3 atom stereocenters. The number of hydrogen-bond donors (Lipinski definition) is 2. The van der Waals surface area contributed by atoms with E-state index in [2.05, 4.69) is 5.32 Å². The second-order valence-corrected chi connectivity index (χ2v) is 7.35. The average Bonchev–Trinajstić information content (AvgIpc) is 2.95. The monoisotopic (exact) mass is 287 g/mol. The van der Waals surface area contributed by atoms with Crippen LogP contribution in [0.3, 0.4) is 0 Å². The van der Waals surface area contributed by atoms with E-state index in [1.807, 2.05) is 25.6 Å². The Morgan fingerprint density at radius 1 is 1.53 bits per heavy atom. The number of nitrogens with one attached hydrogen (secondary N) is 1. The third-order valence-corrected chi connectivity index (χ3v) is 5.42. The van der Waals surface area contributed by atoms with Crippen molar-refractivity contribution >= 4 is 17.7 Å². The quantitative estimate of drug-likeness (QED) is 0.785. The second-order valence-electron chi connectivity index (χ2n) is 6.02. The third kappa shape index (κ3) is 3.86. The van der Waals surface area contributed by atoms with Gasteiger partial charge in [-0.05, 0) is 46.0 Å². The summed E-state index contributed by atoms with van der Waals surface area (Å²) in [7, 11) is 0. The number of ether oxygens (including phenoxy) is 1. The van der Waals surface area contributed by atoms with Crippen LogP contribution in [0.1, 0.15) is 46.0 Å². The molecule has 1 aliphatic heterocycles. The van der Waals surface area contributed by atoms with Crippen LogP contribution >= 0.6 is 11.8 Å². The van der Waals surface area contributed by atoms with Crippen molar-refractivity contribution < 1.29 is 14.6 Å². The van der Waals surface area contributed by atoms with Crippen LogP contribution in [0, 0.1) is 0 Å². The van der Waals surface area contributed by atoms with Crippen LogP contribution in [0.5, 0.6) is 0 Å². The number of aliphatic carboxylic acids is 1. The highest BCUT2D eigenvalue weighted by molar-refractivity contribution is 7.99. The van der Waals surface area contributed by atoms with Gasteiger partial charge >= 0.3 is 5.97 Å². The van der Waals surface area contributed by atoms with Gasteiger partial charge in [0, 0.05) is 23.7 Å². The number of carboxylic acids is 1. The maximum atomic E-state index is 11.6. The zero-order valence-corrected chi connectivity index (χ0v) is 12.7. The zero-order chi connectivity index (χ0) is 13.9. The summed E-state index contributed by atoms with van der Waals surface area (Å²) in [6.07, 6.45) is 5.19. The molecule has 1 saturated heterocycles. The standard InChI is InChI=1S/C14H25NO3S/c1-10(2)15-14(13(16)17)6-5-12(8-14)19-9-11-4-3-7-18-11/h10-12,15H,3-9H2,1-2H3,(H,16,17). The Labute approximate surface area is 119 Å². The minimum Gasteiger partial charge on any atom is -0.480 e. The highest BCUT2D eigenvalue weighted by Gasteiger charge is 2.45. The first kappa shape index (κ1) is 15.1. The molecule has 0 aromatic carbocycles. The molecule has 2 fully saturated rings. The van der Waals surface area contributed by atoms with Gasteiger partial charge in [0.1, 0.15) is 5.54 Å². The van der Waals surface area contributed by atoms with E-state index < -0.39 is 11.5 Å². The van der Waals surface area contributed by atoms with E-state index in [0.29, 0.717) is 11.4 Å². The summed E-state index contributed by atoms with van der Waals surface area (Å²) >= 11 is 1.90. The van der Waals surface area contributed by atoms with Crippen molar-refractivity contribution in [3.05, 3.63) is 0 Å². The predicted molar refractivity (Wildman–Crippen MR) is 77.7 cm³/mol. The fourth-order valence-electron chi connectivity index (χ4n) is 3.10. The van der Waals surface area contributed by atoms with Crippen LogP contribution in [0.2, 0.25) is 0 Å². The maximum absolute atomic E-state index is 11.6. The molecule has 0 bridgehead atoms. The average molecular weight is 287 g/mol. The fourth-order valence-corrected chi connectivity index (χ4v) is 4.54. The Morgan fingerprint density at radius 2 is 2.32 bits per heavy atom. The lowest BCUT2D eigenvalue weighted by molar-refractivity contribution is -0.145. The fraction of sp³-hybridized carbons (Fsp3) is 0.929. The molecule has 5 heteroatoms. The molecule has 19 heavy (non-hydrogen) atoms. The van der Waals surface area contributed by atoms with Crippen molar-refractivity contribution in [3.63, 3.8) is 0 Å². The molecular formula is C14H25NO3S. The highest BCUT2D eigenvalue weighted by atomic mass is 32.2. The molecule has 1 aliphatic carbocycles. The van der Waals surface area contributed by atoms with Gasteiger partial charge in [-0.2, -0.15) is 11.8 Å². The van der Waals surface area contributed by atoms with Gasteiger partial charge in [-0.15, -0.1) is 0 Å². The van der Waals surface area contributed by atoms with Crippen molar-refractivity contribution in [1.82, 2.24) is 5.32 Å². The van der Waals surface area contributed by atoms with E-state index in [0.717, 1.165) is 38.0 Å². The Hall–Kier alpha value is -0.260. The molecule has 2 rings (SSSR count). The van der Waals surface area contributed by atoms with E-state index in [9.17, 15) is 9.90 Å². The van der Waals surface area contributed by atoms with Gasteiger partial charge in [0.05, 0.1) is 6.10 Å². The predicted octanol–water partition coefficient (Wildman–Crippen LogP) is 2.27. The van der Waals surface area contributed by atoms with Crippen molar-refractivity contribution in [3.8, 4) is 0 Å². The Balaban J connectivity index is 1.83. The van der Waals surface area contributed by atoms with Gasteiger partial charge in [-0.1, -0.05) is 0 Å². The molecular weight excluding hydrogens is 262 g/mol. The summed E-state index contributed by atoms with van der Waals surface area (Å²) in [5.74, 6) is 0.323. The van der Waals surface area contributed by atoms with Crippen LogP contribution < -0.4 is 5.32 Å². The van der Waals surface area contributed by atoms with E-state index in [1.165, 1.54) is 6.42 Å². The Morgan fingerprint density at radius 3 is 2.89 bits per heavy atom. The van der Waals surface area contributed by atoms with Gasteiger partial charge in [0.15, 0.2) is 0 Å². The summed E-state index contributed by atoms with van der Waals surface area (Å²) in [5, 5.41) is 13.2. The normalized spacial score (nSPS) is 35.1. The molecule has 110 valence electrons. The smallest absolute Gasteiger partial charge is 0.323 e. The van der Waals surface area contributed by atoms with Gasteiger partial charge in [-0.25, -0.2) is 0 Å². The lowest BCUT2D eigenvalue weighted by atomic mass is 9.97. The minimum absolute atomic E-state index is 0.206. The molecule has 3 unspecified atom stereocenters. The van der Waals surface area contributed by atoms with Crippen molar-refractivity contribution in [2.75, 3.05) is 12.4 Å². The number of carboxylic acid groups (broad SMARTS) is 1. The van der Waals surface area contributed by atoms with Crippen LogP contribution in [0.4, 0.5) is 0 Å². The topological polar surface area (TPSA) is 58.6 Å². The van der Waals surface area contributed by atoms with E-state index >= 15 is 0 Å². The van der Waals surface area contributed by atoms with Crippen LogP contribution in [-0.4, -0.2) is 46.4 Å². The van der Waals surface area contributed by atoms with Crippen molar-refractivity contribution in [1.29, 1.82) is 0 Å². The summed E-state index contributed by atoms with van der Waals surface area (Å²) in [5.41, 5.74) is -0.706. The zero-order valence-electron chi connectivity index (χ0n) is 11.9. The first-order valence-corrected chi connectivity index (χ1v) is 8.31. The highest BCUT2D eigenvalue weighted by Crippen LogP contribution is 2.38. The van der Waals surface area contributed by atoms with E-state index in [-0.39, 0.29) is 6.04 Å². The molecule has 4 nitrogen and oxygen atoms in total. The van der Waals surface area contributed by atoms with E-state index in [1.54, 1.807) is 0 Å². The lowest BCUT2D eigenvalue weighted by Crippen LogP contribution is -2.53. The number of rotatable bonds is 6. The van der Waals surface area contributed by atoms with Crippen LogP contribution in [0.15, 0.2) is 0 Å². The Bertz CT molecular complexity index is 318. The second kappa shape index (κ2) is 6.46. The molecule has 0 aromatic rings. The van der Waals surface area contributed by atoms with Gasteiger partial charge in [0.25, 0.3) is 0 Å². The first-order chi connectivity index (χ1) is 9.02. The lowest BCUT2D eigenvalue weighted by Gasteiger charge is -2.28. The molecule has 2 N–H and O–H groups in total. The van der Waals surface area contributed by atoms with Crippen LogP contribution in [-0.2, 0) is 9.53 Å². The minimum atomic E-state index is -0.706. The molecule has 0 aromatic heterocycles. The number of carbonyl (C=O) groups is 1. The van der Waals surface area contributed by atoms with Crippen molar-refractivity contribution in [2.24, 2.45) is 0 Å². The third-order valence-electron chi connectivity index (χ3n) is 3.99. The maximum Gasteiger partial charge on any atom is 0.323 e. The van der Waals surface area contributed by atoms with Gasteiger partial charge in [0.2, 0.25) is 0 Å². The Kier molecular flexibility index (Phi) is 5.15. The van der Waals surface area contributed by atoms with Gasteiger partial charge < -0.3 is 9.84 Å². The number of thioether (sulfide) groups is 1. The summed E-state index contributed by atoms with van der Waals surface area (Å²) in [4.78, 5) is 11.6. The molecule has 0 spiro atoms. The van der Waals surface area contributed by atoms with Gasteiger partial charge in [-0.3, -0.25) is 10.1 Å². The van der Waals surface area contributed by atoms with Crippen molar-refractivity contribution in [2.45, 2.75) is 68.9 Å². The molecule has 1 saturated carbocycles. The summed E-state index contributed by atoms with van der Waals surface area (Å²) < 4.78 is 5.62. The SMILES string of the molecule is CC(C)NC1(C(=O)O)CCC(SCC2CCCO2)C1. The molecule has 1 heterocycles. The molecule has 2 aliphatic rings. The molecule has 0 amide bonds. The summed E-state index contributed by atoms with van der Waals surface area (Å²) in [6.45, 7) is 4.92. The first-order valence-electron chi connectivity index (χ1n) is 7.26. The van der Waals surface area contributed by atoms with Crippen LogP contribution in [0.25, 0.3) is 0 Å². The van der Waals surface area contributed by atoms with E-state index in [4.69, 9.17) is 4.74 Å². The largest absolute Gasteiger partial charge is 0.480 e. The summed E-state index contributed by atoms with van der Waals surface area (Å²) in [6, 6.07) is 0.206. The number of hydrogen-bond acceptors (Lipinski definition) is 4.